The van der Waals surface area contributed by atoms with Crippen LogP contribution in [0.5, 0.6) is 5.75 Å². The highest BCUT2D eigenvalue weighted by atomic mass is 32.2. The van der Waals surface area contributed by atoms with Gasteiger partial charge in [0, 0.05) is 19.0 Å². The Morgan fingerprint density at radius 2 is 1.86 bits per heavy atom. The molecule has 1 saturated heterocycles. The maximum absolute atomic E-state index is 12.8. The van der Waals surface area contributed by atoms with Crippen molar-refractivity contribution >= 4 is 10.0 Å². The molecule has 0 unspecified atom stereocenters. The van der Waals surface area contributed by atoms with E-state index in [4.69, 9.17) is 4.74 Å². The lowest BCUT2D eigenvalue weighted by Gasteiger charge is -2.34. The Labute approximate surface area is 125 Å². The smallest absolute Gasteiger partial charge is 0.243 e. The molecular formula is C15H21NO4S. The van der Waals surface area contributed by atoms with Crippen molar-refractivity contribution in [3.8, 4) is 5.75 Å². The summed E-state index contributed by atoms with van der Waals surface area (Å²) >= 11 is 0. The molecule has 1 saturated carbocycles. The fourth-order valence-corrected chi connectivity index (χ4v) is 5.26. The van der Waals surface area contributed by atoms with Crippen LogP contribution < -0.4 is 4.74 Å². The maximum Gasteiger partial charge on any atom is 0.243 e. The number of hydrogen-bond donors (Lipinski definition) is 1. The summed E-state index contributed by atoms with van der Waals surface area (Å²) in [5.41, 5.74) is 1.64. The van der Waals surface area contributed by atoms with E-state index in [1.165, 1.54) is 4.31 Å². The molecule has 5 nitrogen and oxygen atoms in total. The number of ether oxygens (including phenoxy) is 1. The topological polar surface area (TPSA) is 66.8 Å². The number of benzene rings is 1. The van der Waals surface area contributed by atoms with Crippen LogP contribution in [0.4, 0.5) is 0 Å². The SMILES string of the molecule is COc1c(C)cc(S(=O)(=O)N2C[C@H]3C[C@@H](O)[C@H]3C2)cc1C. The van der Waals surface area contributed by atoms with Crippen molar-refractivity contribution in [3.63, 3.8) is 0 Å². The van der Waals surface area contributed by atoms with Crippen molar-refractivity contribution in [2.75, 3.05) is 20.2 Å². The van der Waals surface area contributed by atoms with E-state index in [0.717, 1.165) is 23.3 Å². The van der Waals surface area contributed by atoms with Crippen molar-refractivity contribution in [1.82, 2.24) is 4.31 Å². The number of sulfonamides is 1. The summed E-state index contributed by atoms with van der Waals surface area (Å²) < 4.78 is 32.3. The van der Waals surface area contributed by atoms with Crippen LogP contribution in [0.15, 0.2) is 17.0 Å². The predicted octanol–water partition coefficient (Wildman–Crippen LogP) is 1.31. The standard InChI is InChI=1S/C15H21NO4S/c1-9-4-12(5-10(2)15(9)20-3)21(18,19)16-7-11-6-14(17)13(11)8-16/h4-5,11,13-14,17H,6-8H2,1-3H3/t11-,13+,14-/m1/s1. The van der Waals surface area contributed by atoms with Gasteiger partial charge in [0.05, 0.1) is 18.1 Å². The summed E-state index contributed by atoms with van der Waals surface area (Å²) in [6.07, 6.45) is 0.381. The number of aliphatic hydroxyl groups is 1. The molecule has 1 aliphatic heterocycles. The Balaban J connectivity index is 1.92. The van der Waals surface area contributed by atoms with Crippen LogP contribution in [0.2, 0.25) is 0 Å². The molecule has 1 N–H and O–H groups in total. The van der Waals surface area contributed by atoms with Gasteiger partial charge in [-0.15, -0.1) is 0 Å². The third kappa shape index (κ3) is 2.25. The predicted molar refractivity (Wildman–Crippen MR) is 78.8 cm³/mol. The van der Waals surface area contributed by atoms with Gasteiger partial charge in [-0.3, -0.25) is 0 Å². The van der Waals surface area contributed by atoms with E-state index in [2.05, 4.69) is 0 Å². The summed E-state index contributed by atoms with van der Waals surface area (Å²) in [5.74, 6) is 1.15. The molecule has 0 radical (unpaired) electrons. The molecule has 3 rings (SSSR count). The fourth-order valence-electron chi connectivity index (χ4n) is 3.56. The van der Waals surface area contributed by atoms with Crippen LogP contribution in [0.25, 0.3) is 0 Å². The quantitative estimate of drug-likeness (QED) is 0.914. The van der Waals surface area contributed by atoms with Gasteiger partial charge in [-0.2, -0.15) is 4.31 Å². The second-order valence-electron chi connectivity index (χ2n) is 6.14. The van der Waals surface area contributed by atoms with E-state index >= 15 is 0 Å². The van der Waals surface area contributed by atoms with Gasteiger partial charge in [-0.1, -0.05) is 0 Å². The van der Waals surface area contributed by atoms with Gasteiger partial charge in [0.25, 0.3) is 0 Å². The highest BCUT2D eigenvalue weighted by Gasteiger charge is 2.49. The normalized spacial score (nSPS) is 29.0. The minimum absolute atomic E-state index is 0.111. The number of aliphatic hydroxyl groups excluding tert-OH is 1. The Kier molecular flexibility index (Phi) is 3.50. The van der Waals surface area contributed by atoms with Gasteiger partial charge >= 0.3 is 0 Å². The summed E-state index contributed by atoms with van der Waals surface area (Å²) in [6, 6.07) is 3.33. The first-order chi connectivity index (χ1) is 9.84. The van der Waals surface area contributed by atoms with Gasteiger partial charge in [0.15, 0.2) is 0 Å². The molecule has 0 spiro atoms. The largest absolute Gasteiger partial charge is 0.496 e. The molecule has 0 aromatic heterocycles. The number of hydrogen-bond acceptors (Lipinski definition) is 4. The molecule has 0 bridgehead atoms. The van der Waals surface area contributed by atoms with Gasteiger partial charge in [-0.25, -0.2) is 8.42 Å². The molecule has 1 heterocycles. The molecule has 21 heavy (non-hydrogen) atoms. The van der Waals surface area contributed by atoms with E-state index in [0.29, 0.717) is 23.9 Å². The first-order valence-corrected chi connectivity index (χ1v) is 8.62. The van der Waals surface area contributed by atoms with Gasteiger partial charge in [0.1, 0.15) is 5.75 Å². The fraction of sp³-hybridized carbons (Fsp3) is 0.600. The van der Waals surface area contributed by atoms with Gasteiger partial charge in [-0.05, 0) is 49.4 Å². The zero-order valence-electron chi connectivity index (χ0n) is 12.5. The van der Waals surface area contributed by atoms with E-state index < -0.39 is 10.0 Å². The van der Waals surface area contributed by atoms with Crippen LogP contribution in [0.3, 0.4) is 0 Å². The van der Waals surface area contributed by atoms with Crippen molar-refractivity contribution in [1.29, 1.82) is 0 Å². The zero-order chi connectivity index (χ0) is 15.4. The lowest BCUT2D eigenvalue weighted by Crippen LogP contribution is -2.39. The molecule has 1 aliphatic carbocycles. The van der Waals surface area contributed by atoms with Crippen molar-refractivity contribution < 1.29 is 18.3 Å². The third-order valence-electron chi connectivity index (χ3n) is 4.77. The molecule has 2 aliphatic rings. The zero-order valence-corrected chi connectivity index (χ0v) is 13.4. The number of methoxy groups -OCH3 is 1. The highest BCUT2D eigenvalue weighted by Crippen LogP contribution is 2.42. The molecule has 6 heteroatoms. The van der Waals surface area contributed by atoms with E-state index in [9.17, 15) is 13.5 Å². The molecule has 1 aromatic carbocycles. The molecule has 1 aromatic rings. The lowest BCUT2D eigenvalue weighted by atomic mass is 9.74. The Morgan fingerprint density at radius 3 is 2.33 bits per heavy atom. The van der Waals surface area contributed by atoms with Crippen molar-refractivity contribution in [2.45, 2.75) is 31.3 Å². The van der Waals surface area contributed by atoms with Crippen molar-refractivity contribution in [2.24, 2.45) is 11.8 Å². The third-order valence-corrected chi connectivity index (χ3v) is 6.58. The first-order valence-electron chi connectivity index (χ1n) is 7.18. The minimum atomic E-state index is -3.49. The number of fused-ring (bicyclic) bond motifs is 1. The first kappa shape index (κ1) is 14.8. The average Bonchev–Trinajstić information content (AvgIpc) is 2.76. The summed E-state index contributed by atoms with van der Waals surface area (Å²) in [5, 5.41) is 9.69. The molecular weight excluding hydrogens is 290 g/mol. The van der Waals surface area contributed by atoms with Gasteiger partial charge in [0.2, 0.25) is 10.0 Å². The van der Waals surface area contributed by atoms with E-state index in [-0.39, 0.29) is 12.0 Å². The number of rotatable bonds is 3. The minimum Gasteiger partial charge on any atom is -0.496 e. The molecule has 2 fully saturated rings. The molecule has 116 valence electrons. The Hall–Kier alpha value is -1.11. The maximum atomic E-state index is 12.8. The van der Waals surface area contributed by atoms with E-state index in [1.807, 2.05) is 13.8 Å². The summed E-state index contributed by atoms with van der Waals surface area (Å²) in [6.45, 7) is 4.65. The highest BCUT2D eigenvalue weighted by molar-refractivity contribution is 7.89. The van der Waals surface area contributed by atoms with Crippen LogP contribution in [-0.4, -0.2) is 44.1 Å². The number of nitrogens with zero attached hydrogens (tertiary/aromatic N) is 1. The van der Waals surface area contributed by atoms with Crippen LogP contribution >= 0.6 is 0 Å². The van der Waals surface area contributed by atoms with E-state index in [1.54, 1.807) is 19.2 Å². The van der Waals surface area contributed by atoms with Crippen molar-refractivity contribution in [3.05, 3.63) is 23.3 Å². The number of aryl methyl sites for hydroxylation is 2. The monoisotopic (exact) mass is 311 g/mol. The molecule has 0 amide bonds. The van der Waals surface area contributed by atoms with Crippen LogP contribution in [0.1, 0.15) is 17.5 Å². The molecule has 3 atom stereocenters. The van der Waals surface area contributed by atoms with Crippen LogP contribution in [-0.2, 0) is 10.0 Å². The lowest BCUT2D eigenvalue weighted by molar-refractivity contribution is -0.00416. The van der Waals surface area contributed by atoms with Gasteiger partial charge < -0.3 is 9.84 Å². The summed E-state index contributed by atoms with van der Waals surface area (Å²) in [7, 11) is -1.90. The average molecular weight is 311 g/mol. The van der Waals surface area contributed by atoms with Crippen LogP contribution in [0, 0.1) is 25.7 Å². The Bertz CT molecular complexity index is 647. The second kappa shape index (κ2) is 4.97. The Morgan fingerprint density at radius 1 is 1.24 bits per heavy atom. The second-order valence-corrected chi connectivity index (χ2v) is 8.08. The summed E-state index contributed by atoms with van der Waals surface area (Å²) in [4.78, 5) is 0.314.